The lowest BCUT2D eigenvalue weighted by Gasteiger charge is -2.34. The minimum Gasteiger partial charge on any atom is -0.495 e. The smallest absolute Gasteiger partial charge is 0.257 e. The van der Waals surface area contributed by atoms with Crippen molar-refractivity contribution in [1.82, 2.24) is 9.29 Å². The Balaban J connectivity index is 1.61. The predicted molar refractivity (Wildman–Crippen MR) is 117 cm³/mol. The van der Waals surface area contributed by atoms with Crippen molar-refractivity contribution < 1.29 is 17.9 Å². The molecule has 0 saturated carbocycles. The van der Waals surface area contributed by atoms with Crippen molar-refractivity contribution in [2.24, 2.45) is 11.8 Å². The molecule has 1 N–H and O–H groups in total. The van der Waals surface area contributed by atoms with Gasteiger partial charge in [-0.2, -0.15) is 4.31 Å². The molecule has 7 nitrogen and oxygen atoms in total. The Hall–Kier alpha value is -1.97. The normalized spacial score (nSPS) is 22.0. The van der Waals surface area contributed by atoms with Crippen molar-refractivity contribution in [1.29, 1.82) is 0 Å². The van der Waals surface area contributed by atoms with Crippen molar-refractivity contribution in [2.75, 3.05) is 25.5 Å². The number of hydrogen-bond acceptors (Lipinski definition) is 6. The standard InChI is InChI=1S/C21H27N3O4S2/c1-13-9-14(2)12-24(11-13)30(26,27)19-10-15(7-8-17(19)28-3)20(25)23-21-22-16-5-4-6-18(16)29-21/h7-8,10,13-14H,4-6,9,11-12H2,1-3H3,(H,22,23,25)/t13-,14+. The number of nitrogens with zero attached hydrogens (tertiary/aromatic N) is 2. The van der Waals surface area contributed by atoms with Crippen molar-refractivity contribution in [3.05, 3.63) is 34.3 Å². The maximum atomic E-state index is 13.4. The van der Waals surface area contributed by atoms with Crippen LogP contribution in [0.15, 0.2) is 23.1 Å². The second-order valence-electron chi connectivity index (χ2n) is 8.33. The van der Waals surface area contributed by atoms with Gasteiger partial charge >= 0.3 is 0 Å². The molecule has 0 bridgehead atoms. The minimum absolute atomic E-state index is 0.0283. The fraction of sp³-hybridized carbons (Fsp3) is 0.524. The first kappa shape index (κ1) is 21.3. The summed E-state index contributed by atoms with van der Waals surface area (Å²) in [5.74, 6) is 0.438. The number of carbonyl (C=O) groups excluding carboxylic acids is 1. The Morgan fingerprint density at radius 1 is 1.23 bits per heavy atom. The summed E-state index contributed by atoms with van der Waals surface area (Å²) in [6, 6.07) is 4.53. The third-order valence-electron chi connectivity index (χ3n) is 5.70. The quantitative estimate of drug-likeness (QED) is 0.754. The molecule has 1 aromatic heterocycles. The number of anilines is 1. The molecule has 1 aromatic carbocycles. The Morgan fingerprint density at radius 2 is 1.97 bits per heavy atom. The molecule has 30 heavy (non-hydrogen) atoms. The Morgan fingerprint density at radius 3 is 2.63 bits per heavy atom. The predicted octanol–water partition coefficient (Wildman–Crippen LogP) is 3.56. The van der Waals surface area contributed by atoms with E-state index in [-0.39, 0.29) is 34.0 Å². The highest BCUT2D eigenvalue weighted by Crippen LogP contribution is 2.33. The van der Waals surface area contributed by atoms with Gasteiger partial charge in [0.2, 0.25) is 10.0 Å². The third-order valence-corrected chi connectivity index (χ3v) is 8.62. The molecule has 2 heterocycles. The van der Waals surface area contributed by atoms with Crippen molar-refractivity contribution in [2.45, 2.75) is 44.4 Å². The maximum Gasteiger partial charge on any atom is 0.257 e. The van der Waals surface area contributed by atoms with Crippen LogP contribution in [-0.2, 0) is 22.9 Å². The summed E-state index contributed by atoms with van der Waals surface area (Å²) in [6.07, 6.45) is 4.05. The van der Waals surface area contributed by atoms with Crippen LogP contribution in [0.25, 0.3) is 0 Å². The summed E-state index contributed by atoms with van der Waals surface area (Å²) < 4.78 is 33.6. The second kappa shape index (κ2) is 8.28. The third kappa shape index (κ3) is 4.10. The van der Waals surface area contributed by atoms with E-state index in [1.807, 2.05) is 0 Å². The topological polar surface area (TPSA) is 88.6 Å². The van der Waals surface area contributed by atoms with Crippen LogP contribution in [-0.4, -0.2) is 43.8 Å². The SMILES string of the molecule is COc1ccc(C(=O)Nc2nc3c(s2)CCC3)cc1S(=O)(=O)N1C[C@H](C)C[C@H](C)C1. The number of fused-ring (bicyclic) bond motifs is 1. The van der Waals surface area contributed by atoms with Gasteiger partial charge in [-0.15, -0.1) is 11.3 Å². The Bertz CT molecular complexity index is 1030. The highest BCUT2D eigenvalue weighted by Gasteiger charge is 2.34. The monoisotopic (exact) mass is 449 g/mol. The van der Waals surface area contributed by atoms with Gasteiger partial charge in [0, 0.05) is 23.5 Å². The van der Waals surface area contributed by atoms with Gasteiger partial charge in [-0.1, -0.05) is 13.8 Å². The number of aryl methyl sites for hydroxylation is 2. The lowest BCUT2D eigenvalue weighted by Crippen LogP contribution is -2.42. The van der Waals surface area contributed by atoms with Crippen LogP contribution in [0.3, 0.4) is 0 Å². The minimum atomic E-state index is -3.78. The summed E-state index contributed by atoms with van der Waals surface area (Å²) in [4.78, 5) is 18.5. The molecule has 0 unspecified atom stereocenters. The molecule has 1 aliphatic heterocycles. The summed E-state index contributed by atoms with van der Waals surface area (Å²) >= 11 is 1.49. The molecule has 2 aromatic rings. The number of aromatic nitrogens is 1. The fourth-order valence-corrected chi connectivity index (χ4v) is 7.28. The molecule has 9 heteroatoms. The van der Waals surface area contributed by atoms with Gasteiger partial charge in [-0.05, 0) is 55.7 Å². The van der Waals surface area contributed by atoms with Crippen LogP contribution in [0.4, 0.5) is 5.13 Å². The zero-order valence-electron chi connectivity index (χ0n) is 17.5. The number of methoxy groups -OCH3 is 1. The fourth-order valence-electron chi connectivity index (χ4n) is 4.37. The van der Waals surface area contributed by atoms with E-state index in [0.717, 1.165) is 31.4 Å². The van der Waals surface area contributed by atoms with Gasteiger partial charge in [0.25, 0.3) is 5.91 Å². The van der Waals surface area contributed by atoms with E-state index in [4.69, 9.17) is 4.74 Å². The molecule has 0 spiro atoms. The molecule has 1 saturated heterocycles. The van der Waals surface area contributed by atoms with Crippen LogP contribution in [0.1, 0.15) is 47.6 Å². The van der Waals surface area contributed by atoms with E-state index in [9.17, 15) is 13.2 Å². The number of piperidine rings is 1. The van der Waals surface area contributed by atoms with Gasteiger partial charge in [-0.25, -0.2) is 13.4 Å². The molecule has 1 amide bonds. The number of rotatable bonds is 5. The molecule has 4 rings (SSSR count). The largest absolute Gasteiger partial charge is 0.495 e. The number of thiazole rings is 1. The van der Waals surface area contributed by atoms with Gasteiger partial charge in [-0.3, -0.25) is 10.1 Å². The molecule has 162 valence electrons. The average molecular weight is 450 g/mol. The summed E-state index contributed by atoms with van der Waals surface area (Å²) in [6.45, 7) is 5.06. The molecule has 2 aliphatic rings. The summed E-state index contributed by atoms with van der Waals surface area (Å²) in [5, 5.41) is 3.38. The first-order valence-electron chi connectivity index (χ1n) is 10.3. The van der Waals surface area contributed by atoms with Crippen LogP contribution in [0.5, 0.6) is 5.75 Å². The number of amides is 1. The van der Waals surface area contributed by atoms with Gasteiger partial charge in [0.15, 0.2) is 5.13 Å². The Kier molecular flexibility index (Phi) is 5.87. The van der Waals surface area contributed by atoms with Gasteiger partial charge in [0.05, 0.1) is 12.8 Å². The molecule has 1 aliphatic carbocycles. The van der Waals surface area contributed by atoms with Crippen molar-refractivity contribution in [3.63, 3.8) is 0 Å². The number of carbonyl (C=O) groups is 1. The van der Waals surface area contributed by atoms with E-state index < -0.39 is 10.0 Å². The molecular formula is C21H27N3O4S2. The van der Waals surface area contributed by atoms with E-state index in [0.29, 0.717) is 18.2 Å². The average Bonchev–Trinajstić information content (AvgIpc) is 3.28. The zero-order valence-corrected chi connectivity index (χ0v) is 19.1. The number of nitrogens with one attached hydrogen (secondary N) is 1. The molecular weight excluding hydrogens is 422 g/mol. The number of sulfonamides is 1. The highest BCUT2D eigenvalue weighted by molar-refractivity contribution is 7.89. The molecule has 0 radical (unpaired) electrons. The Labute approximate surface area is 181 Å². The van der Waals surface area contributed by atoms with Crippen LogP contribution in [0.2, 0.25) is 0 Å². The highest BCUT2D eigenvalue weighted by atomic mass is 32.2. The number of hydrogen-bond donors (Lipinski definition) is 1. The van der Waals surface area contributed by atoms with E-state index >= 15 is 0 Å². The first-order chi connectivity index (χ1) is 14.3. The lowest BCUT2D eigenvalue weighted by atomic mass is 9.94. The van der Waals surface area contributed by atoms with Crippen LogP contribution < -0.4 is 10.1 Å². The van der Waals surface area contributed by atoms with Gasteiger partial charge in [0.1, 0.15) is 10.6 Å². The number of ether oxygens (including phenoxy) is 1. The molecule has 2 atom stereocenters. The van der Waals surface area contributed by atoms with Crippen LogP contribution in [0, 0.1) is 11.8 Å². The summed E-state index contributed by atoms with van der Waals surface area (Å²) in [5.41, 5.74) is 1.32. The summed E-state index contributed by atoms with van der Waals surface area (Å²) in [7, 11) is -2.34. The second-order valence-corrected chi connectivity index (χ2v) is 11.3. The van der Waals surface area contributed by atoms with E-state index in [1.165, 1.54) is 33.7 Å². The van der Waals surface area contributed by atoms with E-state index in [1.54, 1.807) is 12.1 Å². The zero-order chi connectivity index (χ0) is 21.5. The lowest BCUT2D eigenvalue weighted by molar-refractivity contribution is 0.102. The van der Waals surface area contributed by atoms with Crippen molar-refractivity contribution >= 4 is 32.4 Å². The maximum absolute atomic E-state index is 13.4. The molecule has 1 fully saturated rings. The van der Waals surface area contributed by atoms with Crippen molar-refractivity contribution in [3.8, 4) is 5.75 Å². The van der Waals surface area contributed by atoms with E-state index in [2.05, 4.69) is 24.1 Å². The van der Waals surface area contributed by atoms with Gasteiger partial charge < -0.3 is 4.74 Å². The first-order valence-corrected chi connectivity index (χ1v) is 12.5. The van der Waals surface area contributed by atoms with Crippen LogP contribution >= 0.6 is 11.3 Å². The number of benzene rings is 1.